The van der Waals surface area contributed by atoms with Crippen molar-refractivity contribution in [2.75, 3.05) is 5.73 Å². The Bertz CT molecular complexity index is 623. The molecule has 1 aliphatic rings. The lowest BCUT2D eigenvalue weighted by Crippen LogP contribution is -2.41. The van der Waals surface area contributed by atoms with E-state index < -0.39 is 0 Å². The van der Waals surface area contributed by atoms with E-state index >= 15 is 0 Å². The molecule has 2 N–H and O–H groups in total. The van der Waals surface area contributed by atoms with Crippen LogP contribution >= 0.6 is 11.3 Å². The van der Waals surface area contributed by atoms with Crippen LogP contribution in [0, 0.1) is 0 Å². The van der Waals surface area contributed by atoms with Gasteiger partial charge in [0.2, 0.25) is 0 Å². The summed E-state index contributed by atoms with van der Waals surface area (Å²) < 4.78 is 13.1. The van der Waals surface area contributed by atoms with E-state index in [0.29, 0.717) is 5.13 Å². The Morgan fingerprint density at radius 3 is 2.42 bits per heavy atom. The van der Waals surface area contributed by atoms with E-state index in [1.54, 1.807) is 0 Å². The van der Waals surface area contributed by atoms with Gasteiger partial charge in [-0.05, 0) is 45.3 Å². The molecular weight excluding hydrogens is 259 g/mol. The number of benzene rings is 1. The van der Waals surface area contributed by atoms with Crippen LogP contribution in [-0.4, -0.2) is 23.3 Å². The van der Waals surface area contributed by atoms with Crippen molar-refractivity contribution >= 4 is 39.3 Å². The van der Waals surface area contributed by atoms with Crippen molar-refractivity contribution in [3.05, 3.63) is 18.2 Å². The van der Waals surface area contributed by atoms with Gasteiger partial charge >= 0.3 is 7.12 Å². The molecule has 2 aromatic rings. The lowest BCUT2D eigenvalue weighted by Gasteiger charge is -2.32. The first-order chi connectivity index (χ1) is 8.78. The molecule has 1 aromatic heterocycles. The maximum atomic E-state index is 6.03. The smallest absolute Gasteiger partial charge is 0.399 e. The molecule has 0 saturated carbocycles. The third kappa shape index (κ3) is 2.04. The summed E-state index contributed by atoms with van der Waals surface area (Å²) in [5, 5.41) is 0.584. The van der Waals surface area contributed by atoms with Crippen LogP contribution in [0.25, 0.3) is 10.2 Å². The molecule has 1 aliphatic heterocycles. The first-order valence-corrected chi connectivity index (χ1v) is 7.12. The highest BCUT2D eigenvalue weighted by atomic mass is 32.1. The average Bonchev–Trinajstić information content (AvgIpc) is 2.74. The van der Waals surface area contributed by atoms with Gasteiger partial charge in [0.1, 0.15) is 0 Å². The predicted octanol–water partition coefficient (Wildman–Crippen LogP) is 2.18. The molecule has 0 aliphatic carbocycles. The van der Waals surface area contributed by atoms with E-state index in [9.17, 15) is 0 Å². The number of fused-ring (bicyclic) bond motifs is 1. The molecule has 100 valence electrons. The maximum Gasteiger partial charge on any atom is 0.494 e. The molecule has 2 heterocycles. The molecule has 0 spiro atoms. The van der Waals surface area contributed by atoms with Gasteiger partial charge in [0.05, 0.1) is 21.4 Å². The average molecular weight is 276 g/mol. The summed E-state index contributed by atoms with van der Waals surface area (Å²) in [7, 11) is -0.350. The van der Waals surface area contributed by atoms with Crippen molar-refractivity contribution < 1.29 is 9.31 Å². The molecule has 0 radical (unpaired) electrons. The second-order valence-corrected chi connectivity index (χ2v) is 6.93. The van der Waals surface area contributed by atoms with Crippen LogP contribution in [0.5, 0.6) is 0 Å². The fourth-order valence-corrected chi connectivity index (χ4v) is 2.80. The SMILES string of the molecule is CC1(C)OB(c2ccc3sc(N)nc3c2)OC1(C)C. The quantitative estimate of drug-likeness (QED) is 0.811. The highest BCUT2D eigenvalue weighted by molar-refractivity contribution is 7.22. The number of rotatable bonds is 1. The number of hydrogen-bond donors (Lipinski definition) is 1. The molecule has 0 bridgehead atoms. The minimum Gasteiger partial charge on any atom is -0.399 e. The zero-order valence-corrected chi connectivity index (χ0v) is 12.4. The molecule has 0 atom stereocenters. The summed E-state index contributed by atoms with van der Waals surface area (Å²) in [5.74, 6) is 0. The fourth-order valence-electron chi connectivity index (χ4n) is 2.09. The fraction of sp³-hybridized carbons (Fsp3) is 0.462. The Labute approximate surface area is 117 Å². The van der Waals surface area contributed by atoms with E-state index in [1.807, 2.05) is 45.9 Å². The van der Waals surface area contributed by atoms with Gasteiger partial charge in [-0.15, -0.1) is 0 Å². The number of thiazole rings is 1. The van der Waals surface area contributed by atoms with Crippen LogP contribution in [-0.2, 0) is 9.31 Å². The normalized spacial score (nSPS) is 21.2. The lowest BCUT2D eigenvalue weighted by molar-refractivity contribution is 0.00578. The molecule has 0 unspecified atom stereocenters. The van der Waals surface area contributed by atoms with Gasteiger partial charge in [0.25, 0.3) is 0 Å². The van der Waals surface area contributed by atoms with Gasteiger partial charge in [0, 0.05) is 0 Å². The Hall–Kier alpha value is -1.11. The molecular formula is C13H17BN2O2S. The van der Waals surface area contributed by atoms with E-state index in [0.717, 1.165) is 15.7 Å². The van der Waals surface area contributed by atoms with Crippen molar-refractivity contribution in [1.29, 1.82) is 0 Å². The Morgan fingerprint density at radius 1 is 1.16 bits per heavy atom. The van der Waals surface area contributed by atoms with Gasteiger partial charge in [-0.2, -0.15) is 0 Å². The number of hydrogen-bond acceptors (Lipinski definition) is 5. The summed E-state index contributed by atoms with van der Waals surface area (Å²) in [6.45, 7) is 8.19. The Kier molecular flexibility index (Phi) is 2.68. The standard InChI is InChI=1S/C13H17BN2O2S/c1-12(2)13(3,4)18-14(17-12)8-5-6-10-9(7-8)16-11(15)19-10/h5-7H,1-4H3,(H2,15,16). The van der Waals surface area contributed by atoms with Crippen molar-refractivity contribution in [1.82, 2.24) is 4.98 Å². The Balaban J connectivity index is 1.97. The number of anilines is 1. The van der Waals surface area contributed by atoms with Gasteiger partial charge in [-0.1, -0.05) is 17.4 Å². The molecule has 3 rings (SSSR count). The van der Waals surface area contributed by atoms with Crippen LogP contribution < -0.4 is 11.2 Å². The van der Waals surface area contributed by atoms with Crippen molar-refractivity contribution in [3.8, 4) is 0 Å². The highest BCUT2D eigenvalue weighted by Gasteiger charge is 2.51. The largest absolute Gasteiger partial charge is 0.494 e. The van der Waals surface area contributed by atoms with Crippen molar-refractivity contribution in [2.45, 2.75) is 38.9 Å². The van der Waals surface area contributed by atoms with Crippen LogP contribution in [0.2, 0.25) is 0 Å². The van der Waals surface area contributed by atoms with E-state index in [2.05, 4.69) is 4.98 Å². The molecule has 6 heteroatoms. The lowest BCUT2D eigenvalue weighted by atomic mass is 9.79. The second kappa shape index (κ2) is 3.94. The summed E-state index contributed by atoms with van der Waals surface area (Å²) in [6, 6.07) is 6.02. The molecule has 1 fully saturated rings. The van der Waals surface area contributed by atoms with Crippen LogP contribution in [0.1, 0.15) is 27.7 Å². The van der Waals surface area contributed by atoms with E-state index in [4.69, 9.17) is 15.0 Å². The van der Waals surface area contributed by atoms with Crippen LogP contribution in [0.15, 0.2) is 18.2 Å². The summed E-state index contributed by atoms with van der Waals surface area (Å²) in [4.78, 5) is 4.30. The van der Waals surface area contributed by atoms with E-state index in [-0.39, 0.29) is 18.3 Å². The first kappa shape index (κ1) is 12.9. The zero-order valence-electron chi connectivity index (χ0n) is 11.6. The third-order valence-electron chi connectivity index (χ3n) is 3.95. The monoisotopic (exact) mass is 276 g/mol. The minimum atomic E-state index is -0.350. The number of aromatic nitrogens is 1. The summed E-state index contributed by atoms with van der Waals surface area (Å²) in [5.41, 5.74) is 6.95. The van der Waals surface area contributed by atoms with Crippen LogP contribution in [0.3, 0.4) is 0 Å². The zero-order chi connectivity index (χ0) is 13.8. The van der Waals surface area contributed by atoms with E-state index in [1.165, 1.54) is 11.3 Å². The molecule has 1 saturated heterocycles. The molecule has 1 aromatic carbocycles. The first-order valence-electron chi connectivity index (χ1n) is 6.30. The Morgan fingerprint density at radius 2 is 1.79 bits per heavy atom. The molecule has 0 amide bonds. The number of nitrogen functional groups attached to an aromatic ring is 1. The second-order valence-electron chi connectivity index (χ2n) is 5.87. The molecule has 4 nitrogen and oxygen atoms in total. The highest BCUT2D eigenvalue weighted by Crippen LogP contribution is 2.36. The third-order valence-corrected chi connectivity index (χ3v) is 4.82. The van der Waals surface area contributed by atoms with Gasteiger partial charge < -0.3 is 15.0 Å². The van der Waals surface area contributed by atoms with Crippen molar-refractivity contribution in [2.24, 2.45) is 0 Å². The summed E-state index contributed by atoms with van der Waals surface area (Å²) in [6.07, 6.45) is 0. The van der Waals surface area contributed by atoms with Gasteiger partial charge in [0.15, 0.2) is 5.13 Å². The van der Waals surface area contributed by atoms with Crippen molar-refractivity contribution in [3.63, 3.8) is 0 Å². The number of nitrogens with two attached hydrogens (primary N) is 1. The number of nitrogens with zero attached hydrogens (tertiary/aromatic N) is 1. The van der Waals surface area contributed by atoms with Gasteiger partial charge in [-0.3, -0.25) is 0 Å². The minimum absolute atomic E-state index is 0.326. The van der Waals surface area contributed by atoms with Gasteiger partial charge in [-0.25, -0.2) is 4.98 Å². The maximum absolute atomic E-state index is 6.03. The summed E-state index contributed by atoms with van der Waals surface area (Å²) >= 11 is 1.49. The predicted molar refractivity (Wildman–Crippen MR) is 79.7 cm³/mol. The van der Waals surface area contributed by atoms with Crippen LogP contribution in [0.4, 0.5) is 5.13 Å². The topological polar surface area (TPSA) is 57.4 Å². The molecule has 19 heavy (non-hydrogen) atoms.